The summed E-state index contributed by atoms with van der Waals surface area (Å²) in [6.07, 6.45) is 0.654. The van der Waals surface area contributed by atoms with E-state index in [9.17, 15) is 23.3 Å². The monoisotopic (exact) mass is 453 g/mol. The summed E-state index contributed by atoms with van der Waals surface area (Å²) in [5, 5.41) is 13.7. The second kappa shape index (κ2) is 8.99. The molecule has 1 saturated heterocycles. The lowest BCUT2D eigenvalue weighted by Crippen LogP contribution is -2.41. The number of carbonyl (C=O) groups excluding carboxylic acids is 1. The van der Waals surface area contributed by atoms with Gasteiger partial charge in [0.25, 0.3) is 5.69 Å². The number of ether oxygens (including phenoxy) is 1. The van der Waals surface area contributed by atoms with E-state index >= 15 is 0 Å². The summed E-state index contributed by atoms with van der Waals surface area (Å²) in [5.74, 6) is 0.135. The molecule has 30 heavy (non-hydrogen) atoms. The van der Waals surface area contributed by atoms with Crippen LogP contribution in [0.15, 0.2) is 47.4 Å². The molecule has 2 aromatic rings. The minimum absolute atomic E-state index is 0.0834. The van der Waals surface area contributed by atoms with Crippen molar-refractivity contribution < 1.29 is 22.9 Å². The number of non-ortho nitro benzene ring substituents is 1. The molecule has 1 heterocycles. The average Bonchev–Trinajstić information content (AvgIpc) is 2.74. The molecule has 0 atom stereocenters. The van der Waals surface area contributed by atoms with Crippen LogP contribution in [-0.2, 0) is 14.8 Å². The number of nitro benzene ring substituents is 1. The van der Waals surface area contributed by atoms with E-state index in [1.165, 1.54) is 10.4 Å². The Morgan fingerprint density at radius 1 is 1.20 bits per heavy atom. The number of amides is 1. The predicted octanol–water partition coefficient (Wildman–Crippen LogP) is 3.30. The number of methoxy groups -OCH3 is 1. The molecule has 2 aromatic carbocycles. The van der Waals surface area contributed by atoms with Crippen molar-refractivity contribution in [1.82, 2.24) is 4.31 Å². The molecule has 1 amide bonds. The first-order valence-corrected chi connectivity index (χ1v) is 10.9. The van der Waals surface area contributed by atoms with Gasteiger partial charge in [-0.1, -0.05) is 11.6 Å². The molecule has 1 aliphatic rings. The van der Waals surface area contributed by atoms with Gasteiger partial charge in [0.15, 0.2) is 0 Å². The molecule has 160 valence electrons. The van der Waals surface area contributed by atoms with Crippen molar-refractivity contribution in [2.75, 3.05) is 25.5 Å². The van der Waals surface area contributed by atoms with E-state index in [1.54, 1.807) is 31.4 Å². The highest BCUT2D eigenvalue weighted by Gasteiger charge is 2.34. The molecule has 1 N–H and O–H groups in total. The predicted molar refractivity (Wildman–Crippen MR) is 111 cm³/mol. The van der Waals surface area contributed by atoms with Gasteiger partial charge in [-0.05, 0) is 43.2 Å². The third-order valence-corrected chi connectivity index (χ3v) is 7.31. The lowest BCUT2D eigenvalue weighted by molar-refractivity contribution is -0.385. The number of carbonyl (C=O) groups is 1. The zero-order valence-corrected chi connectivity index (χ0v) is 17.6. The van der Waals surface area contributed by atoms with Gasteiger partial charge in [-0.25, -0.2) is 8.42 Å². The normalized spacial score (nSPS) is 15.5. The molecule has 0 bridgehead atoms. The fourth-order valence-electron chi connectivity index (χ4n) is 3.22. The highest BCUT2D eigenvalue weighted by Crippen LogP contribution is 2.31. The van der Waals surface area contributed by atoms with Crippen LogP contribution < -0.4 is 10.1 Å². The SMILES string of the molecule is COc1ccc(NC(=O)C2CCN(S(=O)(=O)c3cc([N+](=O)[O-])ccc3Cl)CC2)cc1. The van der Waals surface area contributed by atoms with Crippen LogP contribution in [0.25, 0.3) is 0 Å². The number of piperidine rings is 1. The summed E-state index contributed by atoms with van der Waals surface area (Å²) in [7, 11) is -2.46. The van der Waals surface area contributed by atoms with Crippen LogP contribution >= 0.6 is 11.6 Å². The highest BCUT2D eigenvalue weighted by molar-refractivity contribution is 7.89. The van der Waals surface area contributed by atoms with E-state index < -0.39 is 14.9 Å². The fraction of sp³-hybridized carbons (Fsp3) is 0.316. The number of nitrogens with zero attached hydrogens (tertiary/aromatic N) is 2. The van der Waals surface area contributed by atoms with Crippen LogP contribution in [0.2, 0.25) is 5.02 Å². The van der Waals surface area contributed by atoms with Crippen LogP contribution in [0.4, 0.5) is 11.4 Å². The van der Waals surface area contributed by atoms with E-state index in [0.29, 0.717) is 24.3 Å². The summed E-state index contributed by atoms with van der Waals surface area (Å²) in [5.41, 5.74) is 0.269. The third-order valence-electron chi connectivity index (χ3n) is 4.93. The van der Waals surface area contributed by atoms with Crippen LogP contribution in [0.1, 0.15) is 12.8 Å². The van der Waals surface area contributed by atoms with Gasteiger partial charge in [0.1, 0.15) is 10.6 Å². The molecule has 9 nitrogen and oxygen atoms in total. The number of sulfonamides is 1. The van der Waals surface area contributed by atoms with Crippen molar-refractivity contribution in [2.24, 2.45) is 5.92 Å². The number of nitrogens with one attached hydrogen (secondary N) is 1. The lowest BCUT2D eigenvalue weighted by atomic mass is 9.97. The van der Waals surface area contributed by atoms with Gasteiger partial charge in [-0.2, -0.15) is 4.31 Å². The average molecular weight is 454 g/mol. The Hall–Kier alpha value is -2.69. The Labute approximate surface area is 178 Å². The Morgan fingerprint density at radius 3 is 2.40 bits per heavy atom. The fourth-order valence-corrected chi connectivity index (χ4v) is 5.18. The number of benzene rings is 2. The van der Waals surface area contributed by atoms with Gasteiger partial charge in [0.2, 0.25) is 15.9 Å². The summed E-state index contributed by atoms with van der Waals surface area (Å²) in [6, 6.07) is 10.2. The van der Waals surface area contributed by atoms with E-state index in [0.717, 1.165) is 12.1 Å². The molecular formula is C19H20ClN3O6S. The molecule has 0 saturated carbocycles. The number of hydrogen-bond donors (Lipinski definition) is 1. The first kappa shape index (κ1) is 22.0. The van der Waals surface area contributed by atoms with Crippen molar-refractivity contribution >= 4 is 38.9 Å². The maximum Gasteiger partial charge on any atom is 0.270 e. The summed E-state index contributed by atoms with van der Waals surface area (Å²) < 4.78 is 32.1. The lowest BCUT2D eigenvalue weighted by Gasteiger charge is -2.30. The van der Waals surface area contributed by atoms with E-state index in [-0.39, 0.29) is 40.5 Å². The van der Waals surface area contributed by atoms with Gasteiger partial charge < -0.3 is 10.1 Å². The highest BCUT2D eigenvalue weighted by atomic mass is 35.5. The van der Waals surface area contributed by atoms with Gasteiger partial charge in [0, 0.05) is 36.8 Å². The molecule has 11 heteroatoms. The Bertz CT molecular complexity index is 1050. The van der Waals surface area contributed by atoms with Crippen molar-refractivity contribution in [3.8, 4) is 5.75 Å². The molecule has 1 fully saturated rings. The largest absolute Gasteiger partial charge is 0.497 e. The molecule has 0 unspecified atom stereocenters. The Kier molecular flexibility index (Phi) is 6.59. The summed E-state index contributed by atoms with van der Waals surface area (Å²) in [4.78, 5) is 22.5. The summed E-state index contributed by atoms with van der Waals surface area (Å²) >= 11 is 5.99. The zero-order chi connectivity index (χ0) is 21.9. The topological polar surface area (TPSA) is 119 Å². The van der Waals surface area contributed by atoms with Gasteiger partial charge in [0.05, 0.1) is 17.1 Å². The first-order valence-electron chi connectivity index (χ1n) is 9.11. The molecule has 0 aliphatic carbocycles. The minimum atomic E-state index is -4.01. The van der Waals surface area contributed by atoms with Crippen LogP contribution in [0.3, 0.4) is 0 Å². The Balaban J connectivity index is 1.66. The molecular weight excluding hydrogens is 434 g/mol. The van der Waals surface area contributed by atoms with Gasteiger partial charge in [-0.15, -0.1) is 0 Å². The van der Waals surface area contributed by atoms with Crippen LogP contribution in [-0.4, -0.2) is 43.8 Å². The third kappa shape index (κ3) is 4.72. The van der Waals surface area contributed by atoms with Crippen molar-refractivity contribution in [1.29, 1.82) is 0 Å². The van der Waals surface area contributed by atoms with Crippen molar-refractivity contribution in [2.45, 2.75) is 17.7 Å². The number of hydrogen-bond acceptors (Lipinski definition) is 6. The summed E-state index contributed by atoms with van der Waals surface area (Å²) in [6.45, 7) is 0.226. The number of anilines is 1. The maximum absolute atomic E-state index is 12.9. The van der Waals surface area contributed by atoms with Crippen LogP contribution in [0, 0.1) is 16.0 Å². The molecule has 1 aliphatic heterocycles. The van der Waals surface area contributed by atoms with Gasteiger partial charge in [-0.3, -0.25) is 14.9 Å². The number of nitro groups is 1. The molecule has 0 radical (unpaired) electrons. The molecule has 0 spiro atoms. The van der Waals surface area contributed by atoms with Crippen LogP contribution in [0.5, 0.6) is 5.75 Å². The second-order valence-electron chi connectivity index (χ2n) is 6.77. The van der Waals surface area contributed by atoms with E-state index in [4.69, 9.17) is 16.3 Å². The molecule has 0 aromatic heterocycles. The smallest absolute Gasteiger partial charge is 0.270 e. The maximum atomic E-state index is 12.9. The Morgan fingerprint density at radius 2 is 1.83 bits per heavy atom. The van der Waals surface area contributed by atoms with E-state index in [2.05, 4.69) is 5.32 Å². The minimum Gasteiger partial charge on any atom is -0.497 e. The van der Waals surface area contributed by atoms with Crippen molar-refractivity contribution in [3.05, 3.63) is 57.6 Å². The molecule has 3 rings (SSSR count). The van der Waals surface area contributed by atoms with E-state index in [1.807, 2.05) is 0 Å². The van der Waals surface area contributed by atoms with Crippen molar-refractivity contribution in [3.63, 3.8) is 0 Å². The second-order valence-corrected chi connectivity index (χ2v) is 9.08. The zero-order valence-electron chi connectivity index (χ0n) is 16.1. The number of rotatable bonds is 6. The standard InChI is InChI=1S/C19H20ClN3O6S/c1-29-16-5-2-14(3-6-16)21-19(24)13-8-10-22(11-9-13)30(27,28)18-12-15(23(25)26)4-7-17(18)20/h2-7,12-13H,8-11H2,1H3,(H,21,24). The quantitative estimate of drug-likeness (QED) is 0.529. The first-order chi connectivity index (χ1) is 14.2. The van der Waals surface area contributed by atoms with Gasteiger partial charge >= 0.3 is 0 Å². The number of halogens is 1.